The number of thioether (sulfide) groups is 1. The summed E-state index contributed by atoms with van der Waals surface area (Å²) in [4.78, 5) is 18.1. The van der Waals surface area contributed by atoms with Crippen molar-refractivity contribution in [2.45, 2.75) is 71.4 Å². The smallest absolute Gasteiger partial charge is 0.338 e. The molecule has 39 heavy (non-hydrogen) atoms. The summed E-state index contributed by atoms with van der Waals surface area (Å²) >= 11 is 5.30. The minimum absolute atomic E-state index is 0.269. The number of allylic oxidation sites excluding steroid dienone is 1. The van der Waals surface area contributed by atoms with E-state index < -0.39 is 12.0 Å². The highest BCUT2D eigenvalue weighted by Crippen LogP contribution is 2.43. The van der Waals surface area contributed by atoms with Crippen LogP contribution in [0.2, 0.25) is 0 Å². The van der Waals surface area contributed by atoms with Crippen LogP contribution in [-0.2, 0) is 16.1 Å². The Bertz CT molecular complexity index is 1370. The Morgan fingerprint density at radius 1 is 1.23 bits per heavy atom. The summed E-state index contributed by atoms with van der Waals surface area (Å²) in [7, 11) is 1.60. The average molecular weight is 616 g/mol. The summed E-state index contributed by atoms with van der Waals surface area (Å²) in [5.74, 6) is 2.22. The summed E-state index contributed by atoms with van der Waals surface area (Å²) in [5.41, 5.74) is 4.17. The van der Waals surface area contributed by atoms with Crippen molar-refractivity contribution in [1.82, 2.24) is 14.8 Å². The number of hydrogen-bond acceptors (Lipinski definition) is 8. The predicted octanol–water partition coefficient (Wildman–Crippen LogP) is 7.07. The lowest BCUT2D eigenvalue weighted by Gasteiger charge is -2.29. The van der Waals surface area contributed by atoms with Gasteiger partial charge in [-0.05, 0) is 78.9 Å². The van der Waals surface area contributed by atoms with Crippen molar-refractivity contribution in [3.63, 3.8) is 0 Å². The molecule has 1 unspecified atom stereocenters. The SMILES string of the molecule is CCCCSc1nc2n(n1)C(c1cc(Br)c(OCc3ccccc3C)c(OC)c1)C(C(=O)OC(C)C)=C(C)N2. The summed E-state index contributed by atoms with van der Waals surface area (Å²) in [6.07, 6.45) is 1.90. The number of benzene rings is 2. The topological polar surface area (TPSA) is 87.5 Å². The van der Waals surface area contributed by atoms with Gasteiger partial charge in [0.25, 0.3) is 0 Å². The third-order valence-corrected chi connectivity index (χ3v) is 7.84. The Labute approximate surface area is 242 Å². The molecule has 0 radical (unpaired) electrons. The van der Waals surface area contributed by atoms with Crippen LogP contribution >= 0.6 is 27.7 Å². The number of methoxy groups -OCH3 is 1. The van der Waals surface area contributed by atoms with Gasteiger partial charge in [0.15, 0.2) is 11.5 Å². The van der Waals surface area contributed by atoms with Gasteiger partial charge in [0.05, 0.1) is 23.3 Å². The van der Waals surface area contributed by atoms with Crippen molar-refractivity contribution in [2.24, 2.45) is 0 Å². The zero-order chi connectivity index (χ0) is 28.1. The number of aromatic nitrogens is 3. The maximum atomic E-state index is 13.4. The number of esters is 1. The number of halogens is 1. The van der Waals surface area contributed by atoms with Crippen molar-refractivity contribution in [3.05, 3.63) is 68.8 Å². The molecule has 0 saturated heterocycles. The van der Waals surface area contributed by atoms with Crippen molar-refractivity contribution < 1.29 is 19.0 Å². The van der Waals surface area contributed by atoms with Crippen LogP contribution in [-0.4, -0.2) is 39.7 Å². The molecule has 0 amide bonds. The van der Waals surface area contributed by atoms with Crippen LogP contribution in [0.25, 0.3) is 0 Å². The molecule has 0 spiro atoms. The lowest BCUT2D eigenvalue weighted by atomic mass is 9.95. The molecule has 1 atom stereocenters. The number of ether oxygens (including phenoxy) is 3. The molecular weight excluding hydrogens is 580 g/mol. The fraction of sp³-hybridized carbons (Fsp3) is 0.414. The van der Waals surface area contributed by atoms with Gasteiger partial charge in [-0.1, -0.05) is 49.4 Å². The van der Waals surface area contributed by atoms with Crippen molar-refractivity contribution in [3.8, 4) is 11.5 Å². The number of carbonyl (C=O) groups is 1. The molecule has 10 heteroatoms. The standard InChI is InChI=1S/C29H35BrN4O4S/c1-7-8-13-39-29-32-28-31-19(5)24(27(35)38-17(2)3)25(34(28)33-29)21-14-22(30)26(23(15-21)36-6)37-16-20-12-10-9-11-18(20)4/h9-12,14-15,17,25H,7-8,13,16H2,1-6H3,(H,31,32,33). The van der Waals surface area contributed by atoms with Crippen LogP contribution < -0.4 is 14.8 Å². The summed E-state index contributed by atoms with van der Waals surface area (Å²) in [5, 5.41) is 8.72. The Morgan fingerprint density at radius 2 is 2.00 bits per heavy atom. The average Bonchev–Trinajstić information content (AvgIpc) is 3.29. The van der Waals surface area contributed by atoms with E-state index in [4.69, 9.17) is 24.3 Å². The zero-order valence-electron chi connectivity index (χ0n) is 23.2. The van der Waals surface area contributed by atoms with Crippen LogP contribution in [0.15, 0.2) is 57.3 Å². The number of nitrogens with one attached hydrogen (secondary N) is 1. The second-order valence-electron chi connectivity index (χ2n) is 9.63. The molecule has 0 saturated carbocycles. The number of carbonyl (C=O) groups excluding carboxylic acids is 1. The first kappa shape index (κ1) is 29.0. The van der Waals surface area contributed by atoms with Gasteiger partial charge in [0, 0.05) is 11.4 Å². The van der Waals surface area contributed by atoms with Crippen LogP contribution in [0.3, 0.4) is 0 Å². The number of hydrogen-bond donors (Lipinski definition) is 1. The first-order valence-electron chi connectivity index (χ1n) is 13.1. The number of aryl methyl sites for hydroxylation is 1. The summed E-state index contributed by atoms with van der Waals surface area (Å²) in [6.45, 7) is 10.1. The van der Waals surface area contributed by atoms with Gasteiger partial charge >= 0.3 is 5.97 Å². The third kappa shape index (κ3) is 6.61. The highest BCUT2D eigenvalue weighted by molar-refractivity contribution is 9.10. The maximum Gasteiger partial charge on any atom is 0.338 e. The number of fused-ring (bicyclic) bond motifs is 1. The van der Waals surface area contributed by atoms with E-state index in [1.807, 2.05) is 51.1 Å². The molecule has 0 aliphatic carbocycles. The van der Waals surface area contributed by atoms with E-state index in [0.717, 1.165) is 35.3 Å². The molecule has 8 nitrogen and oxygen atoms in total. The van der Waals surface area contributed by atoms with Gasteiger partial charge in [0.1, 0.15) is 12.6 Å². The minimum atomic E-state index is -0.573. The summed E-state index contributed by atoms with van der Waals surface area (Å²) in [6, 6.07) is 11.4. The van der Waals surface area contributed by atoms with Crippen molar-refractivity contribution in [1.29, 1.82) is 0 Å². The molecule has 1 N–H and O–H groups in total. The fourth-order valence-corrected chi connectivity index (χ4v) is 5.80. The van der Waals surface area contributed by atoms with E-state index in [1.54, 1.807) is 23.6 Å². The van der Waals surface area contributed by atoms with Crippen LogP contribution in [0.1, 0.15) is 63.3 Å². The zero-order valence-corrected chi connectivity index (χ0v) is 25.6. The fourth-order valence-electron chi connectivity index (χ4n) is 4.31. The predicted molar refractivity (Wildman–Crippen MR) is 158 cm³/mol. The normalized spacial score (nSPS) is 14.7. The first-order chi connectivity index (χ1) is 18.7. The Kier molecular flexibility index (Phi) is 9.61. The minimum Gasteiger partial charge on any atom is -0.493 e. The van der Waals surface area contributed by atoms with E-state index in [-0.39, 0.29) is 6.10 Å². The number of nitrogens with zero attached hydrogens (tertiary/aromatic N) is 3. The molecule has 1 aromatic heterocycles. The Hall–Kier alpha value is -2.98. The van der Waals surface area contributed by atoms with Crippen molar-refractivity contribution >= 4 is 39.6 Å². The maximum absolute atomic E-state index is 13.4. The second kappa shape index (κ2) is 12.9. The van der Waals surface area contributed by atoms with Crippen LogP contribution in [0.5, 0.6) is 11.5 Å². The Balaban J connectivity index is 1.75. The molecule has 0 fully saturated rings. The third-order valence-electron chi connectivity index (χ3n) is 6.33. The molecule has 2 aromatic carbocycles. The monoisotopic (exact) mass is 614 g/mol. The lowest BCUT2D eigenvalue weighted by molar-refractivity contribution is -0.143. The molecule has 3 aromatic rings. The van der Waals surface area contributed by atoms with Crippen molar-refractivity contribution in [2.75, 3.05) is 18.2 Å². The number of rotatable bonds is 11. The van der Waals surface area contributed by atoms with Gasteiger partial charge < -0.3 is 19.5 Å². The molecular formula is C29H35BrN4O4S. The molecule has 1 aliphatic heterocycles. The van der Waals surface area contributed by atoms with Crippen LogP contribution in [0.4, 0.5) is 5.95 Å². The van der Waals surface area contributed by atoms with Gasteiger partial charge in [-0.3, -0.25) is 0 Å². The van der Waals surface area contributed by atoms with E-state index in [0.29, 0.717) is 45.0 Å². The second-order valence-corrected chi connectivity index (χ2v) is 11.6. The molecule has 0 bridgehead atoms. The molecule has 208 valence electrons. The van der Waals surface area contributed by atoms with Gasteiger partial charge in [-0.15, -0.1) is 5.10 Å². The number of anilines is 1. The highest BCUT2D eigenvalue weighted by atomic mass is 79.9. The van der Waals surface area contributed by atoms with E-state index in [2.05, 4.69) is 41.2 Å². The van der Waals surface area contributed by atoms with Crippen LogP contribution in [0, 0.1) is 6.92 Å². The van der Waals surface area contributed by atoms with E-state index in [1.165, 1.54) is 0 Å². The number of unbranched alkanes of at least 4 members (excludes halogenated alkanes) is 1. The first-order valence-corrected chi connectivity index (χ1v) is 14.8. The molecule has 4 rings (SSSR count). The molecule has 2 heterocycles. The quantitative estimate of drug-likeness (QED) is 0.139. The van der Waals surface area contributed by atoms with Gasteiger partial charge in [-0.2, -0.15) is 4.98 Å². The largest absolute Gasteiger partial charge is 0.493 e. The van der Waals surface area contributed by atoms with E-state index >= 15 is 0 Å². The molecule has 1 aliphatic rings. The lowest BCUT2D eigenvalue weighted by Crippen LogP contribution is -2.30. The Morgan fingerprint density at radius 3 is 2.69 bits per heavy atom. The van der Waals surface area contributed by atoms with Gasteiger partial charge in [-0.25, -0.2) is 9.48 Å². The van der Waals surface area contributed by atoms with Gasteiger partial charge in [0.2, 0.25) is 11.1 Å². The summed E-state index contributed by atoms with van der Waals surface area (Å²) < 4.78 is 20.1. The highest BCUT2D eigenvalue weighted by Gasteiger charge is 2.36. The van der Waals surface area contributed by atoms with E-state index in [9.17, 15) is 4.79 Å².